The maximum absolute atomic E-state index is 14.1. The highest BCUT2D eigenvalue weighted by molar-refractivity contribution is 6.14. The third-order valence-electron chi connectivity index (χ3n) is 6.42. The van der Waals surface area contributed by atoms with Gasteiger partial charge >= 0.3 is 0 Å². The molecule has 0 unspecified atom stereocenters. The summed E-state index contributed by atoms with van der Waals surface area (Å²) < 4.78 is 34.2. The van der Waals surface area contributed by atoms with Gasteiger partial charge in [0, 0.05) is 24.2 Å². The molecule has 144 valence electrons. The number of fused-ring (bicyclic) bond motifs is 4. The van der Waals surface area contributed by atoms with Crippen LogP contribution in [0.4, 0.5) is 8.78 Å². The molecule has 27 heavy (non-hydrogen) atoms. The van der Waals surface area contributed by atoms with Crippen LogP contribution in [-0.4, -0.2) is 37.2 Å². The molecule has 3 N–H and O–H groups in total. The lowest BCUT2D eigenvalue weighted by atomic mass is 9.64. The average Bonchev–Trinajstić information content (AvgIpc) is 2.96. The lowest BCUT2D eigenvalue weighted by molar-refractivity contribution is -0.0374. The summed E-state index contributed by atoms with van der Waals surface area (Å²) in [5.74, 6) is -1.30. The van der Waals surface area contributed by atoms with Crippen molar-refractivity contribution in [3.63, 3.8) is 0 Å². The van der Waals surface area contributed by atoms with Gasteiger partial charge in [-0.15, -0.1) is 0 Å². The summed E-state index contributed by atoms with van der Waals surface area (Å²) >= 11 is 0. The van der Waals surface area contributed by atoms with Crippen LogP contribution in [0.5, 0.6) is 0 Å². The predicted molar refractivity (Wildman–Crippen MR) is 101 cm³/mol. The highest BCUT2D eigenvalue weighted by atomic mass is 19.1. The molecule has 3 saturated carbocycles. The molecule has 4 fully saturated rings. The average molecular weight is 373 g/mol. The van der Waals surface area contributed by atoms with Gasteiger partial charge in [0.15, 0.2) is 0 Å². The number of rotatable bonds is 3. The Hall–Kier alpha value is -1.92. The number of halogens is 2. The second-order valence-electron chi connectivity index (χ2n) is 7.83. The van der Waals surface area contributed by atoms with Crippen LogP contribution in [-0.2, 0) is 4.74 Å². The molecule has 5 rings (SSSR count). The quantitative estimate of drug-likeness (QED) is 0.705. The van der Waals surface area contributed by atoms with Crippen molar-refractivity contribution in [2.24, 2.45) is 11.3 Å². The van der Waals surface area contributed by atoms with E-state index >= 15 is 0 Å². The Morgan fingerprint density at radius 2 is 2.00 bits per heavy atom. The van der Waals surface area contributed by atoms with E-state index in [1.807, 2.05) is 0 Å². The van der Waals surface area contributed by atoms with Crippen LogP contribution < -0.4 is 5.32 Å². The van der Waals surface area contributed by atoms with Gasteiger partial charge in [-0.05, 0) is 55.4 Å². The van der Waals surface area contributed by atoms with E-state index in [9.17, 15) is 8.78 Å². The Bertz CT molecular complexity index is 776. The second-order valence-corrected chi connectivity index (χ2v) is 7.83. The minimum Gasteiger partial charge on any atom is -0.375 e. The van der Waals surface area contributed by atoms with E-state index in [-0.39, 0.29) is 28.7 Å². The van der Waals surface area contributed by atoms with Crippen molar-refractivity contribution >= 4 is 11.4 Å². The van der Waals surface area contributed by atoms with Crippen LogP contribution in [0, 0.1) is 33.8 Å². The largest absolute Gasteiger partial charge is 0.375 e. The highest BCUT2D eigenvalue weighted by Crippen LogP contribution is 2.51. The lowest BCUT2D eigenvalue weighted by Crippen LogP contribution is -2.54. The first-order chi connectivity index (χ1) is 13.0. The molecule has 3 atom stereocenters. The fourth-order valence-electron chi connectivity index (χ4n) is 4.99. The molecule has 2 bridgehead atoms. The van der Waals surface area contributed by atoms with E-state index in [0.717, 1.165) is 50.8 Å². The van der Waals surface area contributed by atoms with Gasteiger partial charge in [0.2, 0.25) is 0 Å². The fourth-order valence-corrected chi connectivity index (χ4v) is 4.99. The van der Waals surface area contributed by atoms with Crippen LogP contribution in [0.2, 0.25) is 0 Å². The molecule has 3 aliphatic carbocycles. The number of hydrogen-bond acceptors (Lipinski definition) is 4. The third kappa shape index (κ3) is 3.15. The Labute approximate surface area is 158 Å². The van der Waals surface area contributed by atoms with E-state index < -0.39 is 11.6 Å². The molecule has 1 aromatic rings. The van der Waals surface area contributed by atoms with Gasteiger partial charge in [-0.25, -0.2) is 8.78 Å². The molecule has 1 aliphatic heterocycles. The molecule has 6 heteroatoms. The summed E-state index contributed by atoms with van der Waals surface area (Å²) in [5.41, 5.74) is 0.394. The molecule has 1 saturated heterocycles. The first-order valence-corrected chi connectivity index (χ1v) is 9.69. The highest BCUT2D eigenvalue weighted by Gasteiger charge is 2.50. The molecule has 1 aromatic carbocycles. The Morgan fingerprint density at radius 1 is 1.22 bits per heavy atom. The van der Waals surface area contributed by atoms with Crippen molar-refractivity contribution < 1.29 is 13.5 Å². The van der Waals surface area contributed by atoms with Gasteiger partial charge in [-0.3, -0.25) is 0 Å². The number of nitrogens with one attached hydrogen (secondary N) is 3. The van der Waals surface area contributed by atoms with E-state index in [1.54, 1.807) is 0 Å². The van der Waals surface area contributed by atoms with Gasteiger partial charge in [0.25, 0.3) is 0 Å². The van der Waals surface area contributed by atoms with E-state index in [2.05, 4.69) is 5.32 Å². The zero-order valence-electron chi connectivity index (χ0n) is 15.3. The molecular weight excluding hydrogens is 348 g/mol. The minimum atomic E-state index is -0.739. The van der Waals surface area contributed by atoms with Crippen molar-refractivity contribution in [1.82, 2.24) is 5.32 Å². The number of allylic oxidation sites excluding steroid dienone is 2. The van der Waals surface area contributed by atoms with E-state index in [0.29, 0.717) is 12.3 Å². The molecule has 0 spiro atoms. The second kappa shape index (κ2) is 7.24. The van der Waals surface area contributed by atoms with Crippen molar-refractivity contribution in [1.29, 1.82) is 10.8 Å². The first kappa shape index (κ1) is 18.4. The van der Waals surface area contributed by atoms with Gasteiger partial charge in [-0.2, -0.15) is 0 Å². The Morgan fingerprint density at radius 3 is 2.70 bits per heavy atom. The maximum Gasteiger partial charge on any atom is 0.135 e. The van der Waals surface area contributed by atoms with Crippen LogP contribution in [0.3, 0.4) is 0 Å². The lowest BCUT2D eigenvalue weighted by Gasteiger charge is -2.46. The molecule has 1 heterocycles. The summed E-state index contributed by atoms with van der Waals surface area (Å²) in [7, 11) is 0. The number of benzene rings is 1. The number of ether oxygens (including phenoxy) is 1. The number of hydrogen-bond donors (Lipinski definition) is 3. The molecule has 4 aliphatic rings. The predicted octanol–water partition coefficient (Wildman–Crippen LogP) is 3.85. The topological polar surface area (TPSA) is 69.0 Å². The van der Waals surface area contributed by atoms with Gasteiger partial charge in [0.05, 0.1) is 24.0 Å². The maximum atomic E-state index is 14.1. The SMILES string of the molecule is N=C(/C=C1\C(=N)[C@]2([C@H]3CNCCO3)CCC[C@H]1CC2)c1c(F)cccc1F. The van der Waals surface area contributed by atoms with Crippen molar-refractivity contribution in [2.75, 3.05) is 19.7 Å². The first-order valence-electron chi connectivity index (χ1n) is 9.69. The van der Waals surface area contributed by atoms with E-state index in [1.165, 1.54) is 24.3 Å². The summed E-state index contributed by atoms with van der Waals surface area (Å²) in [6, 6.07) is 3.63. The zero-order valence-corrected chi connectivity index (χ0v) is 15.3. The number of morpholine rings is 1. The van der Waals surface area contributed by atoms with Crippen LogP contribution in [0.25, 0.3) is 0 Å². The molecule has 0 aromatic heterocycles. The summed E-state index contributed by atoms with van der Waals surface area (Å²) in [5, 5.41) is 20.6. The summed E-state index contributed by atoms with van der Waals surface area (Å²) in [6.45, 7) is 2.18. The van der Waals surface area contributed by atoms with Gasteiger partial charge in [-0.1, -0.05) is 12.5 Å². The summed E-state index contributed by atoms with van der Waals surface area (Å²) in [4.78, 5) is 0. The van der Waals surface area contributed by atoms with Gasteiger partial charge in [0.1, 0.15) is 11.6 Å². The molecular formula is C21H25F2N3O. The monoisotopic (exact) mass is 373 g/mol. The van der Waals surface area contributed by atoms with Crippen molar-refractivity contribution in [3.05, 3.63) is 47.0 Å². The Kier molecular flexibility index (Phi) is 4.95. The fraction of sp³-hybridized carbons (Fsp3) is 0.524. The van der Waals surface area contributed by atoms with E-state index in [4.69, 9.17) is 15.6 Å². The smallest absolute Gasteiger partial charge is 0.135 e. The van der Waals surface area contributed by atoms with Crippen molar-refractivity contribution in [2.45, 2.75) is 38.2 Å². The van der Waals surface area contributed by atoms with Crippen molar-refractivity contribution in [3.8, 4) is 0 Å². The summed E-state index contributed by atoms with van der Waals surface area (Å²) in [6.07, 6.45) is 6.16. The minimum absolute atomic E-state index is 0.0550. The van der Waals surface area contributed by atoms with Gasteiger partial charge < -0.3 is 20.9 Å². The van der Waals surface area contributed by atoms with Crippen LogP contribution >= 0.6 is 0 Å². The van der Waals surface area contributed by atoms with Crippen LogP contribution in [0.1, 0.15) is 37.7 Å². The standard InChI is InChI=1S/C21H25F2N3O/c22-15-4-1-5-16(23)19(15)17(24)11-14-13-3-2-7-21(8-6-13,20(14)25)18-12-26-9-10-27-18/h1,4-5,11,13,18,24-26H,2-3,6-10,12H2/b14-11-,24-17?,25-20?/t13-,18+,21+/m0/s1. The Balaban J connectivity index is 1.71. The molecule has 0 amide bonds. The molecule has 4 nitrogen and oxygen atoms in total. The zero-order chi connectivity index (χ0) is 19.0. The van der Waals surface area contributed by atoms with Crippen LogP contribution in [0.15, 0.2) is 29.8 Å². The third-order valence-corrected chi connectivity index (χ3v) is 6.42. The normalized spacial score (nSPS) is 32.5. The molecule has 0 radical (unpaired) electrons.